The van der Waals surface area contributed by atoms with Gasteiger partial charge < -0.3 is 10.1 Å². The number of esters is 1. The van der Waals surface area contributed by atoms with Crippen LogP contribution < -0.4 is 10.6 Å². The van der Waals surface area contributed by atoms with Crippen LogP contribution in [0.3, 0.4) is 0 Å². The number of para-hydroxylation sites is 1. The van der Waals surface area contributed by atoms with Crippen molar-refractivity contribution in [3.8, 4) is 5.69 Å². The Morgan fingerprint density at radius 3 is 2.64 bits per heavy atom. The van der Waals surface area contributed by atoms with Gasteiger partial charge in [0.05, 0.1) is 11.4 Å². The quantitative estimate of drug-likeness (QED) is 0.641. The summed E-state index contributed by atoms with van der Waals surface area (Å²) in [5, 5.41) is 9.94. The van der Waals surface area contributed by atoms with Gasteiger partial charge in [-0.25, -0.2) is 14.3 Å². The van der Waals surface area contributed by atoms with Gasteiger partial charge in [0.2, 0.25) is 0 Å². The first-order valence-electron chi connectivity index (χ1n) is 8.75. The van der Waals surface area contributed by atoms with Gasteiger partial charge in [-0.05, 0) is 39.0 Å². The monoisotopic (exact) mass is 400 g/mol. The maximum Gasteiger partial charge on any atom is 0.349 e. The van der Waals surface area contributed by atoms with Crippen LogP contribution in [0.5, 0.6) is 0 Å². The van der Waals surface area contributed by atoms with Gasteiger partial charge in [-0.1, -0.05) is 18.2 Å². The Kier molecular flexibility index (Phi) is 5.74. The molecule has 0 spiro atoms. The second-order valence-electron chi connectivity index (χ2n) is 6.06. The number of imide groups is 1. The fourth-order valence-corrected chi connectivity index (χ4v) is 3.65. The number of rotatable bonds is 5. The molecule has 3 rings (SSSR count). The Balaban J connectivity index is 1.77. The van der Waals surface area contributed by atoms with Crippen LogP contribution in [0, 0.1) is 6.92 Å². The number of aromatic nitrogens is 2. The number of aryl methyl sites for hydroxylation is 1. The fourth-order valence-electron chi connectivity index (χ4n) is 2.58. The lowest BCUT2D eigenvalue weighted by molar-refractivity contribution is -0.127. The molecule has 2 N–H and O–H groups in total. The number of carbonyl (C=O) groups is 3. The van der Waals surface area contributed by atoms with Crippen LogP contribution in [0.2, 0.25) is 0 Å². The van der Waals surface area contributed by atoms with Gasteiger partial charge in [0.25, 0.3) is 5.91 Å². The largest absolute Gasteiger partial charge is 0.448 e. The molecule has 0 aliphatic carbocycles. The summed E-state index contributed by atoms with van der Waals surface area (Å²) in [7, 11) is 0. The molecule has 0 fully saturated rings. The van der Waals surface area contributed by atoms with E-state index in [1.165, 1.54) is 18.3 Å². The lowest BCUT2D eigenvalue weighted by Gasteiger charge is -2.12. The number of nitrogens with one attached hydrogen (secondary N) is 2. The lowest BCUT2D eigenvalue weighted by Crippen LogP contribution is -2.44. The van der Waals surface area contributed by atoms with Crippen LogP contribution in [-0.4, -0.2) is 40.3 Å². The van der Waals surface area contributed by atoms with Crippen molar-refractivity contribution in [3.63, 3.8) is 0 Å². The van der Waals surface area contributed by atoms with E-state index in [1.807, 2.05) is 37.3 Å². The average molecular weight is 400 g/mol. The predicted molar refractivity (Wildman–Crippen MR) is 106 cm³/mol. The standard InChI is InChI=1S/C19H20N4O4S/c1-4-20-19(26)21-16(24)12(3)27-18(25)15-10-14-11(2)22-23(17(14)28-15)13-8-6-5-7-9-13/h5-10,12H,4H2,1-3H3,(H2,20,21,24,26)/t12-/m1/s1. The summed E-state index contributed by atoms with van der Waals surface area (Å²) in [6.07, 6.45) is -1.10. The average Bonchev–Trinajstić information content (AvgIpc) is 3.23. The lowest BCUT2D eigenvalue weighted by atomic mass is 10.3. The summed E-state index contributed by atoms with van der Waals surface area (Å²) in [4.78, 5) is 37.0. The van der Waals surface area contributed by atoms with E-state index in [4.69, 9.17) is 4.74 Å². The third kappa shape index (κ3) is 4.04. The minimum absolute atomic E-state index is 0.359. The fraction of sp³-hybridized carbons (Fsp3) is 0.263. The minimum Gasteiger partial charge on any atom is -0.448 e. The summed E-state index contributed by atoms with van der Waals surface area (Å²) in [6.45, 7) is 5.39. The molecule has 0 aliphatic heterocycles. The number of amides is 3. The number of fused-ring (bicyclic) bond motifs is 1. The van der Waals surface area contributed by atoms with Crippen LogP contribution in [0.25, 0.3) is 15.9 Å². The van der Waals surface area contributed by atoms with Crippen molar-refractivity contribution in [1.29, 1.82) is 0 Å². The van der Waals surface area contributed by atoms with E-state index in [2.05, 4.69) is 15.7 Å². The van der Waals surface area contributed by atoms with Crippen molar-refractivity contribution in [2.45, 2.75) is 26.9 Å². The van der Waals surface area contributed by atoms with Gasteiger partial charge >= 0.3 is 12.0 Å². The molecule has 2 aromatic heterocycles. The van der Waals surface area contributed by atoms with E-state index in [1.54, 1.807) is 17.7 Å². The van der Waals surface area contributed by atoms with Crippen molar-refractivity contribution >= 4 is 39.5 Å². The molecule has 1 aromatic carbocycles. The molecule has 2 heterocycles. The van der Waals surface area contributed by atoms with Crippen LogP contribution >= 0.6 is 11.3 Å². The Morgan fingerprint density at radius 1 is 1.25 bits per heavy atom. The molecule has 146 valence electrons. The van der Waals surface area contributed by atoms with Gasteiger partial charge in [0.15, 0.2) is 6.10 Å². The highest BCUT2D eigenvalue weighted by atomic mass is 32.1. The number of urea groups is 1. The van der Waals surface area contributed by atoms with Crippen LogP contribution in [0.15, 0.2) is 36.4 Å². The van der Waals surface area contributed by atoms with Crippen LogP contribution in [-0.2, 0) is 9.53 Å². The van der Waals surface area contributed by atoms with E-state index in [-0.39, 0.29) is 0 Å². The van der Waals surface area contributed by atoms with Crippen LogP contribution in [0.4, 0.5) is 4.79 Å². The van der Waals surface area contributed by atoms with Crippen molar-refractivity contribution in [2.24, 2.45) is 0 Å². The molecule has 8 nitrogen and oxygen atoms in total. The summed E-state index contributed by atoms with van der Waals surface area (Å²) >= 11 is 1.24. The molecular formula is C19H20N4O4S. The number of hydrogen-bond acceptors (Lipinski definition) is 6. The van der Waals surface area contributed by atoms with E-state index in [9.17, 15) is 14.4 Å². The molecule has 9 heteroatoms. The Labute approximate surface area is 165 Å². The first-order valence-corrected chi connectivity index (χ1v) is 9.56. The number of ether oxygens (including phenoxy) is 1. The second-order valence-corrected chi connectivity index (χ2v) is 7.09. The molecule has 0 saturated heterocycles. The molecule has 0 radical (unpaired) electrons. The SMILES string of the molecule is CCNC(=O)NC(=O)[C@@H](C)OC(=O)c1cc2c(C)nn(-c3ccccc3)c2s1. The number of benzene rings is 1. The van der Waals surface area contributed by atoms with Gasteiger partial charge in [-0.3, -0.25) is 10.1 Å². The Bertz CT molecular complexity index is 1030. The minimum atomic E-state index is -1.10. The normalized spacial score (nSPS) is 11.8. The summed E-state index contributed by atoms with van der Waals surface area (Å²) in [5.74, 6) is -1.31. The molecule has 0 unspecified atom stereocenters. The van der Waals surface area contributed by atoms with Crippen molar-refractivity contribution in [1.82, 2.24) is 20.4 Å². The summed E-state index contributed by atoms with van der Waals surface area (Å²) < 4.78 is 6.99. The maximum absolute atomic E-state index is 12.5. The van der Waals surface area contributed by atoms with Gasteiger partial charge in [-0.2, -0.15) is 5.10 Å². The molecule has 3 aromatic rings. The number of nitrogens with zero attached hydrogens (tertiary/aromatic N) is 2. The first kappa shape index (κ1) is 19.6. The van der Waals surface area contributed by atoms with Crippen molar-refractivity contribution < 1.29 is 19.1 Å². The third-order valence-corrected chi connectivity index (χ3v) is 5.06. The highest BCUT2D eigenvalue weighted by molar-refractivity contribution is 7.20. The predicted octanol–water partition coefficient (Wildman–Crippen LogP) is 2.79. The van der Waals surface area contributed by atoms with Crippen LogP contribution in [0.1, 0.15) is 29.2 Å². The molecule has 28 heavy (non-hydrogen) atoms. The molecule has 3 amide bonds. The first-order chi connectivity index (χ1) is 13.4. The number of hydrogen-bond donors (Lipinski definition) is 2. The van der Waals surface area contributed by atoms with E-state index in [0.717, 1.165) is 21.6 Å². The Hall–Kier alpha value is -3.20. The highest BCUT2D eigenvalue weighted by Gasteiger charge is 2.23. The zero-order valence-electron chi connectivity index (χ0n) is 15.7. The Morgan fingerprint density at radius 2 is 1.96 bits per heavy atom. The van der Waals surface area contributed by atoms with Gasteiger partial charge in [-0.15, -0.1) is 11.3 Å². The summed E-state index contributed by atoms with van der Waals surface area (Å²) in [6, 6.07) is 10.7. The second kappa shape index (κ2) is 8.22. The summed E-state index contributed by atoms with van der Waals surface area (Å²) in [5.41, 5.74) is 1.67. The zero-order chi connectivity index (χ0) is 20.3. The van der Waals surface area contributed by atoms with Gasteiger partial charge in [0.1, 0.15) is 9.71 Å². The van der Waals surface area contributed by atoms with Gasteiger partial charge in [0, 0.05) is 11.9 Å². The maximum atomic E-state index is 12.5. The number of thiophene rings is 1. The topological polar surface area (TPSA) is 102 Å². The molecule has 0 bridgehead atoms. The van der Waals surface area contributed by atoms with Crippen molar-refractivity contribution in [2.75, 3.05) is 6.54 Å². The van der Waals surface area contributed by atoms with E-state index < -0.39 is 24.0 Å². The third-order valence-electron chi connectivity index (χ3n) is 3.97. The molecule has 1 atom stereocenters. The number of carbonyl (C=O) groups excluding carboxylic acids is 3. The van der Waals surface area contributed by atoms with E-state index >= 15 is 0 Å². The highest BCUT2D eigenvalue weighted by Crippen LogP contribution is 2.30. The smallest absolute Gasteiger partial charge is 0.349 e. The van der Waals surface area contributed by atoms with Crippen molar-refractivity contribution in [3.05, 3.63) is 47.0 Å². The molecule has 0 aliphatic rings. The molecule has 0 saturated carbocycles. The zero-order valence-corrected chi connectivity index (χ0v) is 16.5. The van der Waals surface area contributed by atoms with E-state index in [0.29, 0.717) is 11.4 Å². The molecular weight excluding hydrogens is 380 g/mol.